The topological polar surface area (TPSA) is 85.8 Å². The Morgan fingerprint density at radius 3 is 3.00 bits per heavy atom. The molecule has 8 heteroatoms. The van der Waals surface area contributed by atoms with Crippen molar-refractivity contribution in [3.63, 3.8) is 0 Å². The number of aromatic nitrogens is 3. The van der Waals surface area contributed by atoms with Crippen molar-refractivity contribution in [2.45, 2.75) is 10.9 Å². The molecule has 2 aromatic heterocycles. The number of nitrogens with two attached hydrogens (primary N) is 1. The number of thioether (sulfide) groups is 1. The Labute approximate surface area is 129 Å². The van der Waals surface area contributed by atoms with Gasteiger partial charge in [0.15, 0.2) is 5.16 Å². The predicted molar refractivity (Wildman–Crippen MR) is 84.0 cm³/mol. The van der Waals surface area contributed by atoms with Crippen LogP contribution in [0.25, 0.3) is 10.1 Å². The summed E-state index contributed by atoms with van der Waals surface area (Å²) in [6.45, 7) is 0. The molecule has 3 rings (SSSR count). The van der Waals surface area contributed by atoms with Crippen molar-refractivity contribution >= 4 is 39.1 Å². The second-order valence-corrected chi connectivity index (χ2v) is 6.39. The normalized spacial score (nSPS) is 11.0. The molecule has 2 heterocycles. The number of nitrogen functional groups attached to an aromatic ring is 1. The molecule has 0 aliphatic heterocycles. The van der Waals surface area contributed by atoms with Gasteiger partial charge in [0.1, 0.15) is 6.33 Å². The lowest BCUT2D eigenvalue weighted by Crippen LogP contribution is -2.29. The minimum absolute atomic E-state index is 0.259. The molecule has 1 amide bonds. The number of nitrogens with zero attached hydrogens (tertiary/aromatic N) is 3. The monoisotopic (exact) mass is 319 g/mol. The lowest BCUT2D eigenvalue weighted by atomic mass is 10.1. The van der Waals surface area contributed by atoms with E-state index in [9.17, 15) is 4.79 Å². The zero-order chi connectivity index (χ0) is 14.8. The van der Waals surface area contributed by atoms with Gasteiger partial charge in [0, 0.05) is 17.5 Å². The van der Waals surface area contributed by atoms with Gasteiger partial charge in [-0.1, -0.05) is 30.0 Å². The first-order valence-electron chi connectivity index (χ1n) is 6.19. The van der Waals surface area contributed by atoms with Gasteiger partial charge in [-0.05, 0) is 17.0 Å². The minimum Gasteiger partial charge on any atom is -0.312 e. The number of hydrogen-bond donors (Lipinski definition) is 2. The summed E-state index contributed by atoms with van der Waals surface area (Å²) >= 11 is 2.99. The lowest BCUT2D eigenvalue weighted by molar-refractivity contribution is 0.0957. The highest BCUT2D eigenvalue weighted by Gasteiger charge is 2.18. The number of carbonyl (C=O) groups is 1. The molecule has 0 bridgehead atoms. The fourth-order valence-electron chi connectivity index (χ4n) is 2.03. The molecule has 6 nitrogen and oxygen atoms in total. The third-order valence-electron chi connectivity index (χ3n) is 3.05. The first-order valence-corrected chi connectivity index (χ1v) is 7.99. The third-order valence-corrected chi connectivity index (χ3v) is 5.32. The molecule has 1 aromatic carbocycles. The Bertz CT molecular complexity index is 795. The van der Waals surface area contributed by atoms with Gasteiger partial charge in [0.25, 0.3) is 5.91 Å². The van der Waals surface area contributed by atoms with Crippen molar-refractivity contribution in [1.82, 2.24) is 20.2 Å². The predicted octanol–water partition coefficient (Wildman–Crippen LogP) is 1.93. The van der Waals surface area contributed by atoms with E-state index in [4.69, 9.17) is 5.84 Å². The number of hydrazine groups is 1. The Kier molecular flexibility index (Phi) is 3.91. The highest BCUT2D eigenvalue weighted by atomic mass is 32.2. The van der Waals surface area contributed by atoms with Crippen molar-refractivity contribution in [3.05, 3.63) is 41.0 Å². The van der Waals surface area contributed by atoms with E-state index in [0.29, 0.717) is 10.6 Å². The highest BCUT2D eigenvalue weighted by molar-refractivity contribution is 7.98. The highest BCUT2D eigenvalue weighted by Crippen LogP contribution is 2.35. The molecule has 3 aromatic rings. The molecular formula is C13H13N5OS2. The van der Waals surface area contributed by atoms with Crippen molar-refractivity contribution in [3.8, 4) is 0 Å². The number of benzene rings is 1. The fraction of sp³-hybridized carbons (Fsp3) is 0.154. The molecule has 0 atom stereocenters. The van der Waals surface area contributed by atoms with Gasteiger partial charge in [-0.2, -0.15) is 0 Å². The minimum atomic E-state index is -0.259. The van der Waals surface area contributed by atoms with Crippen molar-refractivity contribution in [1.29, 1.82) is 0 Å². The molecule has 0 fully saturated rings. The van der Waals surface area contributed by atoms with Gasteiger partial charge in [-0.25, -0.2) is 5.84 Å². The van der Waals surface area contributed by atoms with Gasteiger partial charge >= 0.3 is 0 Å². The lowest BCUT2D eigenvalue weighted by Gasteiger charge is -2.03. The van der Waals surface area contributed by atoms with Gasteiger partial charge in [0.2, 0.25) is 0 Å². The molecule has 0 radical (unpaired) electrons. The van der Waals surface area contributed by atoms with Crippen LogP contribution in [0.15, 0.2) is 35.7 Å². The Hall–Kier alpha value is -1.90. The largest absolute Gasteiger partial charge is 0.312 e. The number of carbonyl (C=O) groups excluding carboxylic acids is 1. The van der Waals surface area contributed by atoms with Gasteiger partial charge in [-0.3, -0.25) is 10.2 Å². The van der Waals surface area contributed by atoms with E-state index in [2.05, 4.69) is 15.6 Å². The average Bonchev–Trinajstić information content (AvgIpc) is 3.08. The zero-order valence-corrected chi connectivity index (χ0v) is 12.9. The quantitative estimate of drug-likeness (QED) is 0.332. The molecule has 0 unspecified atom stereocenters. The van der Waals surface area contributed by atoms with Crippen LogP contribution in [0.1, 0.15) is 15.2 Å². The molecule has 0 aliphatic rings. The van der Waals surface area contributed by atoms with Gasteiger partial charge in [-0.15, -0.1) is 21.5 Å². The molecule has 0 saturated carbocycles. The molecule has 21 heavy (non-hydrogen) atoms. The number of amides is 1. The van der Waals surface area contributed by atoms with Crippen LogP contribution in [-0.4, -0.2) is 20.7 Å². The van der Waals surface area contributed by atoms with Gasteiger partial charge < -0.3 is 4.57 Å². The summed E-state index contributed by atoms with van der Waals surface area (Å²) in [4.78, 5) is 12.6. The summed E-state index contributed by atoms with van der Waals surface area (Å²) in [5.74, 6) is 5.66. The first-order chi connectivity index (χ1) is 10.2. The summed E-state index contributed by atoms with van der Waals surface area (Å²) in [7, 11) is 1.89. The molecular weight excluding hydrogens is 306 g/mol. The van der Waals surface area contributed by atoms with Crippen LogP contribution < -0.4 is 11.3 Å². The maximum Gasteiger partial charge on any atom is 0.275 e. The number of rotatable bonds is 4. The maximum absolute atomic E-state index is 12.0. The smallest absolute Gasteiger partial charge is 0.275 e. The van der Waals surface area contributed by atoms with Crippen LogP contribution in [-0.2, 0) is 12.8 Å². The number of aryl methyl sites for hydroxylation is 1. The van der Waals surface area contributed by atoms with E-state index < -0.39 is 0 Å². The summed E-state index contributed by atoms with van der Waals surface area (Å²) in [6.07, 6.45) is 1.65. The van der Waals surface area contributed by atoms with Crippen LogP contribution in [0, 0.1) is 0 Å². The van der Waals surface area contributed by atoms with E-state index in [1.165, 1.54) is 11.3 Å². The third kappa shape index (κ3) is 2.65. The Balaban J connectivity index is 1.99. The van der Waals surface area contributed by atoms with Crippen molar-refractivity contribution in [2.75, 3.05) is 0 Å². The molecule has 0 saturated heterocycles. The maximum atomic E-state index is 12.0. The number of hydrogen-bond acceptors (Lipinski definition) is 6. The van der Waals surface area contributed by atoms with Gasteiger partial charge in [0.05, 0.1) is 4.88 Å². The molecule has 108 valence electrons. The summed E-state index contributed by atoms with van der Waals surface area (Å²) in [5, 5.41) is 9.79. The number of fused-ring (bicyclic) bond motifs is 1. The summed E-state index contributed by atoms with van der Waals surface area (Å²) in [6, 6.07) is 7.95. The molecule has 0 spiro atoms. The Morgan fingerprint density at radius 1 is 1.48 bits per heavy atom. The van der Waals surface area contributed by atoms with E-state index in [1.54, 1.807) is 18.1 Å². The van der Waals surface area contributed by atoms with E-state index in [-0.39, 0.29) is 5.91 Å². The molecule has 3 N–H and O–H groups in total. The van der Waals surface area contributed by atoms with Crippen LogP contribution >= 0.6 is 23.1 Å². The summed E-state index contributed by atoms with van der Waals surface area (Å²) < 4.78 is 2.92. The number of thiophene rings is 1. The SMILES string of the molecule is Cn1cnnc1SCc1c(C(=O)NN)sc2ccccc12. The van der Waals surface area contributed by atoms with Crippen molar-refractivity contribution < 1.29 is 4.79 Å². The Morgan fingerprint density at radius 2 is 2.29 bits per heavy atom. The summed E-state index contributed by atoms with van der Waals surface area (Å²) in [5.41, 5.74) is 3.19. The van der Waals surface area contributed by atoms with E-state index in [1.807, 2.05) is 35.9 Å². The van der Waals surface area contributed by atoms with Crippen LogP contribution in [0.4, 0.5) is 0 Å². The first kappa shape index (κ1) is 14.1. The van der Waals surface area contributed by atoms with E-state index in [0.717, 1.165) is 20.8 Å². The van der Waals surface area contributed by atoms with Crippen molar-refractivity contribution in [2.24, 2.45) is 12.9 Å². The standard InChI is InChI=1S/C13H13N5OS2/c1-18-7-15-17-13(18)20-6-9-8-4-2-3-5-10(8)21-11(9)12(19)16-14/h2-5,7H,6,14H2,1H3,(H,16,19). The van der Waals surface area contributed by atoms with Crippen LogP contribution in [0.3, 0.4) is 0 Å². The second-order valence-electron chi connectivity index (χ2n) is 4.39. The zero-order valence-electron chi connectivity index (χ0n) is 11.2. The van der Waals surface area contributed by atoms with Crippen LogP contribution in [0.2, 0.25) is 0 Å². The number of nitrogens with one attached hydrogen (secondary N) is 1. The average molecular weight is 319 g/mol. The van der Waals surface area contributed by atoms with E-state index >= 15 is 0 Å². The second kappa shape index (κ2) is 5.84. The fourth-order valence-corrected chi connectivity index (χ4v) is 4.18. The van der Waals surface area contributed by atoms with Crippen LogP contribution in [0.5, 0.6) is 0 Å². The molecule has 0 aliphatic carbocycles.